The van der Waals surface area contributed by atoms with Crippen LogP contribution in [0.4, 0.5) is 0 Å². The number of hydrogen-bond donors (Lipinski definition) is 1. The zero-order valence-corrected chi connectivity index (χ0v) is 16.4. The van der Waals surface area contributed by atoms with Gasteiger partial charge in [0.15, 0.2) is 0 Å². The Kier molecular flexibility index (Phi) is 4.92. The van der Waals surface area contributed by atoms with Gasteiger partial charge in [0.05, 0.1) is 17.4 Å². The van der Waals surface area contributed by atoms with Gasteiger partial charge in [-0.05, 0) is 74.6 Å². The van der Waals surface area contributed by atoms with Crippen LogP contribution in [0, 0.1) is 0 Å². The van der Waals surface area contributed by atoms with Crippen LogP contribution in [0.15, 0.2) is 47.4 Å². The van der Waals surface area contributed by atoms with Crippen molar-refractivity contribution in [3.05, 3.63) is 75.3 Å². The molecule has 1 N–H and O–H groups in total. The molecule has 0 saturated carbocycles. The number of pyridine rings is 1. The van der Waals surface area contributed by atoms with Gasteiger partial charge in [-0.1, -0.05) is 12.1 Å². The molecule has 1 aliphatic carbocycles. The van der Waals surface area contributed by atoms with Gasteiger partial charge in [-0.2, -0.15) is 0 Å². The van der Waals surface area contributed by atoms with E-state index in [4.69, 9.17) is 4.74 Å². The predicted molar refractivity (Wildman–Crippen MR) is 111 cm³/mol. The number of ether oxygens (including phenoxy) is 1. The molecular formula is C23H22N2O4. The van der Waals surface area contributed by atoms with E-state index in [0.717, 1.165) is 29.7 Å². The molecule has 0 unspecified atom stereocenters. The third-order valence-electron chi connectivity index (χ3n) is 4.93. The molecule has 1 aliphatic rings. The molecule has 6 heteroatoms. The average molecular weight is 390 g/mol. The van der Waals surface area contributed by atoms with Gasteiger partial charge in [-0.15, -0.1) is 0 Å². The highest BCUT2D eigenvalue weighted by atomic mass is 16.5. The lowest BCUT2D eigenvalue weighted by Crippen LogP contribution is -2.25. The first-order valence-electron chi connectivity index (χ1n) is 9.68. The summed E-state index contributed by atoms with van der Waals surface area (Å²) in [7, 11) is 0. The SMILES string of the molecule is CC(C)Oc1ccc(/C=C2/CCCc3c2nc2ccc(C(=O)O)cn2c3=O)cc1. The molecule has 0 bridgehead atoms. The Labute approximate surface area is 168 Å². The summed E-state index contributed by atoms with van der Waals surface area (Å²) in [4.78, 5) is 28.9. The van der Waals surface area contributed by atoms with E-state index in [1.54, 1.807) is 6.07 Å². The molecular weight excluding hydrogens is 368 g/mol. The van der Waals surface area contributed by atoms with E-state index in [1.165, 1.54) is 16.7 Å². The van der Waals surface area contributed by atoms with Crippen molar-refractivity contribution >= 4 is 23.3 Å². The molecule has 1 aromatic carbocycles. The maximum atomic E-state index is 13.0. The highest BCUT2D eigenvalue weighted by Crippen LogP contribution is 2.30. The summed E-state index contributed by atoms with van der Waals surface area (Å²) in [6, 6.07) is 10.9. The lowest BCUT2D eigenvalue weighted by atomic mass is 9.91. The molecule has 0 amide bonds. The van der Waals surface area contributed by atoms with Gasteiger partial charge in [0.1, 0.15) is 11.4 Å². The molecule has 0 saturated heterocycles. The van der Waals surface area contributed by atoms with Gasteiger partial charge in [0, 0.05) is 11.8 Å². The molecule has 0 aliphatic heterocycles. The lowest BCUT2D eigenvalue weighted by molar-refractivity contribution is 0.0696. The number of allylic oxidation sites excluding steroid dienone is 1. The van der Waals surface area contributed by atoms with Crippen LogP contribution < -0.4 is 10.3 Å². The third-order valence-corrected chi connectivity index (χ3v) is 4.93. The summed E-state index contributed by atoms with van der Waals surface area (Å²) >= 11 is 0. The summed E-state index contributed by atoms with van der Waals surface area (Å²) in [5.74, 6) is -0.246. The van der Waals surface area contributed by atoms with E-state index in [0.29, 0.717) is 23.3 Å². The maximum absolute atomic E-state index is 13.0. The van der Waals surface area contributed by atoms with Crippen LogP contribution in [-0.2, 0) is 6.42 Å². The number of hydrogen-bond acceptors (Lipinski definition) is 4. The molecule has 2 heterocycles. The van der Waals surface area contributed by atoms with Crippen molar-refractivity contribution in [3.63, 3.8) is 0 Å². The van der Waals surface area contributed by atoms with E-state index < -0.39 is 5.97 Å². The van der Waals surface area contributed by atoms with Crippen LogP contribution in [0.2, 0.25) is 0 Å². The Bertz CT molecular complexity index is 1170. The van der Waals surface area contributed by atoms with Gasteiger partial charge in [-0.3, -0.25) is 9.20 Å². The van der Waals surface area contributed by atoms with E-state index in [-0.39, 0.29) is 17.2 Å². The third kappa shape index (κ3) is 3.78. The van der Waals surface area contributed by atoms with E-state index >= 15 is 0 Å². The summed E-state index contributed by atoms with van der Waals surface area (Å²) < 4.78 is 7.02. The standard InChI is InChI=1S/C23H22N2O4/c1-14(2)29-18-9-6-15(7-10-18)12-16-4-3-5-19-21(16)24-20-11-8-17(23(27)28)13-25(20)22(19)26/h6-14H,3-5H2,1-2H3,(H,27,28)/b16-12-. The Morgan fingerprint density at radius 3 is 2.62 bits per heavy atom. The Balaban J connectivity index is 1.77. The highest BCUT2D eigenvalue weighted by Gasteiger charge is 2.21. The first kappa shape index (κ1) is 18.9. The van der Waals surface area contributed by atoms with Crippen molar-refractivity contribution < 1.29 is 14.6 Å². The molecule has 3 aromatic rings. The number of benzene rings is 1. The van der Waals surface area contributed by atoms with Crippen molar-refractivity contribution in [2.24, 2.45) is 0 Å². The minimum atomic E-state index is -1.07. The fourth-order valence-electron chi connectivity index (χ4n) is 3.62. The Morgan fingerprint density at radius 1 is 1.17 bits per heavy atom. The van der Waals surface area contributed by atoms with Crippen LogP contribution >= 0.6 is 0 Å². The maximum Gasteiger partial charge on any atom is 0.337 e. The van der Waals surface area contributed by atoms with Gasteiger partial charge in [0.25, 0.3) is 5.56 Å². The minimum Gasteiger partial charge on any atom is -0.491 e. The molecule has 0 atom stereocenters. The van der Waals surface area contributed by atoms with Crippen LogP contribution in [0.25, 0.3) is 17.3 Å². The number of carbonyl (C=O) groups is 1. The number of carboxylic acid groups (broad SMARTS) is 1. The number of fused-ring (bicyclic) bond motifs is 2. The summed E-state index contributed by atoms with van der Waals surface area (Å²) in [6.45, 7) is 3.98. The van der Waals surface area contributed by atoms with Crippen LogP contribution in [0.3, 0.4) is 0 Å². The second-order valence-corrected chi connectivity index (χ2v) is 7.45. The monoisotopic (exact) mass is 390 g/mol. The van der Waals surface area contributed by atoms with Crippen molar-refractivity contribution in [1.29, 1.82) is 0 Å². The quantitative estimate of drug-likeness (QED) is 0.727. The zero-order valence-electron chi connectivity index (χ0n) is 16.4. The first-order chi connectivity index (χ1) is 13.9. The second-order valence-electron chi connectivity index (χ2n) is 7.45. The summed E-state index contributed by atoms with van der Waals surface area (Å²) in [5, 5.41) is 9.19. The van der Waals surface area contributed by atoms with E-state index in [1.807, 2.05) is 38.1 Å². The van der Waals surface area contributed by atoms with Crippen molar-refractivity contribution in [2.75, 3.05) is 0 Å². The molecule has 0 spiro atoms. The second kappa shape index (κ2) is 7.54. The number of carboxylic acids is 1. The predicted octanol–water partition coefficient (Wildman–Crippen LogP) is 4.06. The molecule has 148 valence electrons. The number of rotatable bonds is 4. The van der Waals surface area contributed by atoms with E-state index in [2.05, 4.69) is 11.1 Å². The van der Waals surface area contributed by atoms with Crippen molar-refractivity contribution in [2.45, 2.75) is 39.2 Å². The number of aromatic carboxylic acids is 1. The Morgan fingerprint density at radius 2 is 1.93 bits per heavy atom. The summed E-state index contributed by atoms with van der Waals surface area (Å²) in [5.41, 5.74) is 3.72. The normalized spacial score (nSPS) is 14.9. The fourth-order valence-corrected chi connectivity index (χ4v) is 3.62. The molecule has 6 nitrogen and oxygen atoms in total. The van der Waals surface area contributed by atoms with Crippen LogP contribution in [-0.4, -0.2) is 26.6 Å². The lowest BCUT2D eigenvalue weighted by Gasteiger charge is -2.19. The van der Waals surface area contributed by atoms with Crippen LogP contribution in [0.5, 0.6) is 5.75 Å². The van der Waals surface area contributed by atoms with E-state index in [9.17, 15) is 14.7 Å². The largest absolute Gasteiger partial charge is 0.491 e. The topological polar surface area (TPSA) is 80.9 Å². The Hall–Kier alpha value is -3.41. The minimum absolute atomic E-state index is 0.0663. The van der Waals surface area contributed by atoms with Crippen molar-refractivity contribution in [3.8, 4) is 5.75 Å². The van der Waals surface area contributed by atoms with Gasteiger partial charge < -0.3 is 9.84 Å². The van der Waals surface area contributed by atoms with Crippen LogP contribution in [0.1, 0.15) is 53.9 Å². The van der Waals surface area contributed by atoms with Gasteiger partial charge in [0.2, 0.25) is 0 Å². The first-order valence-corrected chi connectivity index (χ1v) is 9.68. The van der Waals surface area contributed by atoms with Gasteiger partial charge in [-0.25, -0.2) is 9.78 Å². The van der Waals surface area contributed by atoms with Gasteiger partial charge >= 0.3 is 5.97 Å². The molecule has 29 heavy (non-hydrogen) atoms. The molecule has 0 radical (unpaired) electrons. The fraction of sp³-hybridized carbons (Fsp3) is 0.261. The summed E-state index contributed by atoms with van der Waals surface area (Å²) in [6.07, 6.45) is 5.86. The zero-order chi connectivity index (χ0) is 20.5. The smallest absolute Gasteiger partial charge is 0.337 e. The molecule has 0 fully saturated rings. The highest BCUT2D eigenvalue weighted by molar-refractivity contribution is 5.88. The molecule has 4 rings (SSSR count). The average Bonchev–Trinajstić information content (AvgIpc) is 2.69. The number of nitrogens with zero attached hydrogens (tertiary/aromatic N) is 2. The molecule has 2 aromatic heterocycles. The number of aromatic nitrogens is 2. The van der Waals surface area contributed by atoms with Crippen molar-refractivity contribution in [1.82, 2.24) is 9.38 Å².